The van der Waals surface area contributed by atoms with Crippen LogP contribution in [0.15, 0.2) is 12.1 Å². The van der Waals surface area contributed by atoms with Crippen LogP contribution in [0.25, 0.3) is 5.65 Å². The van der Waals surface area contributed by atoms with Crippen molar-refractivity contribution in [3.63, 3.8) is 0 Å². The zero-order valence-electron chi connectivity index (χ0n) is 15.1. The number of aromatic nitrogens is 4. The lowest BCUT2D eigenvalue weighted by atomic mass is 9.93. The zero-order chi connectivity index (χ0) is 17.4. The number of likely N-dealkylation sites (tertiary alicyclic amines) is 2. The molecule has 4 heterocycles. The fourth-order valence-electron chi connectivity index (χ4n) is 4.14. The van der Waals surface area contributed by atoms with Gasteiger partial charge < -0.3 is 9.80 Å². The van der Waals surface area contributed by atoms with Crippen LogP contribution >= 0.6 is 0 Å². The van der Waals surface area contributed by atoms with Crippen molar-refractivity contribution in [1.29, 1.82) is 0 Å². The highest BCUT2D eigenvalue weighted by Crippen LogP contribution is 2.28. The van der Waals surface area contributed by atoms with Gasteiger partial charge >= 0.3 is 0 Å². The van der Waals surface area contributed by atoms with Crippen LogP contribution < -0.4 is 0 Å². The Morgan fingerprint density at radius 3 is 2.72 bits per heavy atom. The largest absolute Gasteiger partial charge is 0.345 e. The first-order valence-electron chi connectivity index (χ1n) is 9.25. The molecule has 4 rings (SSSR count). The first-order chi connectivity index (χ1) is 12.1. The second kappa shape index (κ2) is 6.71. The first kappa shape index (κ1) is 16.4. The summed E-state index contributed by atoms with van der Waals surface area (Å²) in [7, 11) is 1.92. The van der Waals surface area contributed by atoms with Gasteiger partial charge in [-0.25, -0.2) is 0 Å². The van der Waals surface area contributed by atoms with Gasteiger partial charge in [0.1, 0.15) is 0 Å². The molecule has 0 spiro atoms. The molecule has 25 heavy (non-hydrogen) atoms. The zero-order valence-corrected chi connectivity index (χ0v) is 15.1. The average Bonchev–Trinajstić information content (AvgIpc) is 3.02. The Bertz CT molecular complexity index is 764. The van der Waals surface area contributed by atoms with Crippen LogP contribution in [-0.2, 0) is 4.79 Å². The number of nitrogens with zero attached hydrogens (tertiary/aromatic N) is 6. The minimum absolute atomic E-state index is 0.288. The highest BCUT2D eigenvalue weighted by Gasteiger charge is 2.28. The van der Waals surface area contributed by atoms with Gasteiger partial charge in [0.25, 0.3) is 0 Å². The van der Waals surface area contributed by atoms with Crippen LogP contribution in [0.4, 0.5) is 0 Å². The molecule has 2 aliphatic rings. The maximum Gasteiger partial charge on any atom is 0.222 e. The third-order valence-electron chi connectivity index (χ3n) is 5.61. The summed E-state index contributed by atoms with van der Waals surface area (Å²) in [5, 5.41) is 13.2. The summed E-state index contributed by atoms with van der Waals surface area (Å²) in [5.41, 5.74) is 1.82. The predicted molar refractivity (Wildman–Crippen MR) is 94.3 cm³/mol. The lowest BCUT2D eigenvalue weighted by Gasteiger charge is -2.36. The average molecular weight is 342 g/mol. The maximum absolute atomic E-state index is 11.6. The molecule has 0 aliphatic carbocycles. The third-order valence-corrected chi connectivity index (χ3v) is 5.61. The summed E-state index contributed by atoms with van der Waals surface area (Å²) >= 11 is 0. The van der Waals surface area contributed by atoms with E-state index in [9.17, 15) is 4.79 Å². The van der Waals surface area contributed by atoms with E-state index in [1.807, 2.05) is 35.5 Å². The molecule has 2 aromatic rings. The van der Waals surface area contributed by atoms with Crippen LogP contribution in [0.5, 0.6) is 0 Å². The fraction of sp³-hybridized carbons (Fsp3) is 0.667. The Hall–Kier alpha value is -2.02. The first-order valence-corrected chi connectivity index (χ1v) is 9.25. The molecule has 0 saturated carbocycles. The monoisotopic (exact) mass is 342 g/mol. The standard InChI is InChI=1S/C18H26N6O/c1-13-3-5-16-19-20-18(24(16)21-13)15-7-9-23(10-8-15)12-14-4-6-17(25)22(2)11-14/h3,5,14-15H,4,6-12H2,1-2H3. The smallest absolute Gasteiger partial charge is 0.222 e. The molecule has 7 nitrogen and oxygen atoms in total. The fourth-order valence-corrected chi connectivity index (χ4v) is 4.14. The van der Waals surface area contributed by atoms with Gasteiger partial charge in [-0.1, -0.05) is 0 Å². The van der Waals surface area contributed by atoms with Crippen LogP contribution in [-0.4, -0.2) is 68.7 Å². The molecular weight excluding hydrogens is 316 g/mol. The number of fused-ring (bicyclic) bond motifs is 1. The van der Waals surface area contributed by atoms with E-state index < -0.39 is 0 Å². The lowest BCUT2D eigenvalue weighted by molar-refractivity contribution is -0.133. The van der Waals surface area contributed by atoms with Crippen molar-refractivity contribution < 1.29 is 4.79 Å². The number of carbonyl (C=O) groups is 1. The molecule has 134 valence electrons. The number of piperidine rings is 2. The Balaban J connectivity index is 1.36. The lowest BCUT2D eigenvalue weighted by Crippen LogP contribution is -2.44. The van der Waals surface area contributed by atoms with Crippen molar-refractivity contribution in [3.8, 4) is 0 Å². The number of aryl methyl sites for hydroxylation is 1. The van der Waals surface area contributed by atoms with Crippen LogP contribution in [0.3, 0.4) is 0 Å². The van der Waals surface area contributed by atoms with E-state index >= 15 is 0 Å². The molecule has 0 N–H and O–H groups in total. The minimum Gasteiger partial charge on any atom is -0.345 e. The summed E-state index contributed by atoms with van der Waals surface area (Å²) in [6.07, 6.45) is 3.92. The van der Waals surface area contributed by atoms with E-state index in [4.69, 9.17) is 0 Å². The molecule has 2 fully saturated rings. The summed E-state index contributed by atoms with van der Waals surface area (Å²) in [4.78, 5) is 16.1. The predicted octanol–water partition coefficient (Wildman–Crippen LogP) is 1.48. The van der Waals surface area contributed by atoms with Gasteiger partial charge in [0.05, 0.1) is 5.69 Å². The molecule has 1 amide bonds. The molecule has 2 aliphatic heterocycles. The molecule has 0 bridgehead atoms. The summed E-state index contributed by atoms with van der Waals surface area (Å²) < 4.78 is 1.91. The highest BCUT2D eigenvalue weighted by molar-refractivity contribution is 5.76. The van der Waals surface area contributed by atoms with Crippen LogP contribution in [0, 0.1) is 12.8 Å². The van der Waals surface area contributed by atoms with Gasteiger partial charge in [-0.05, 0) is 57.3 Å². The number of rotatable bonds is 3. The SMILES string of the molecule is Cc1ccc2nnc(C3CCN(CC4CCC(=O)N(C)C4)CC3)n2n1. The maximum atomic E-state index is 11.6. The Morgan fingerprint density at radius 2 is 1.96 bits per heavy atom. The normalized spacial score (nSPS) is 23.5. The Kier molecular flexibility index (Phi) is 4.41. The van der Waals surface area contributed by atoms with Gasteiger partial charge in [-0.15, -0.1) is 10.2 Å². The summed E-state index contributed by atoms with van der Waals surface area (Å²) in [6.45, 7) is 6.16. The second-order valence-corrected chi connectivity index (χ2v) is 7.56. The number of hydrogen-bond acceptors (Lipinski definition) is 5. The van der Waals surface area contributed by atoms with Gasteiger partial charge in [-0.3, -0.25) is 4.79 Å². The number of carbonyl (C=O) groups excluding carboxylic acids is 1. The minimum atomic E-state index is 0.288. The van der Waals surface area contributed by atoms with Crippen molar-refractivity contribution in [2.45, 2.75) is 38.5 Å². The van der Waals surface area contributed by atoms with Crippen LogP contribution in [0.2, 0.25) is 0 Å². The molecule has 7 heteroatoms. The molecule has 2 saturated heterocycles. The second-order valence-electron chi connectivity index (χ2n) is 7.56. The van der Waals surface area contributed by atoms with E-state index in [0.717, 1.165) is 62.6 Å². The van der Waals surface area contributed by atoms with E-state index in [2.05, 4.69) is 20.2 Å². The number of hydrogen-bond donors (Lipinski definition) is 0. The Morgan fingerprint density at radius 1 is 1.16 bits per heavy atom. The summed E-state index contributed by atoms with van der Waals surface area (Å²) in [5.74, 6) is 2.33. The van der Waals surface area contributed by atoms with Crippen LogP contribution in [0.1, 0.15) is 43.1 Å². The highest BCUT2D eigenvalue weighted by atomic mass is 16.2. The van der Waals surface area contributed by atoms with Crippen molar-refractivity contribution in [1.82, 2.24) is 29.6 Å². The van der Waals surface area contributed by atoms with Gasteiger partial charge in [0.2, 0.25) is 5.91 Å². The molecular formula is C18H26N6O. The van der Waals surface area contributed by atoms with Gasteiger partial charge in [-0.2, -0.15) is 9.61 Å². The van der Waals surface area contributed by atoms with E-state index in [1.54, 1.807) is 0 Å². The van der Waals surface area contributed by atoms with Crippen molar-refractivity contribution in [2.75, 3.05) is 33.2 Å². The van der Waals surface area contributed by atoms with Gasteiger partial charge in [0.15, 0.2) is 11.5 Å². The molecule has 0 radical (unpaired) electrons. The van der Waals surface area contributed by atoms with E-state index in [0.29, 0.717) is 18.3 Å². The third kappa shape index (κ3) is 3.38. The topological polar surface area (TPSA) is 66.6 Å². The molecule has 1 unspecified atom stereocenters. The quantitative estimate of drug-likeness (QED) is 0.845. The van der Waals surface area contributed by atoms with Crippen molar-refractivity contribution in [2.24, 2.45) is 5.92 Å². The van der Waals surface area contributed by atoms with Gasteiger partial charge in [0, 0.05) is 32.5 Å². The summed E-state index contributed by atoms with van der Waals surface area (Å²) in [6, 6.07) is 3.96. The molecule has 1 atom stereocenters. The van der Waals surface area contributed by atoms with E-state index in [-0.39, 0.29) is 5.91 Å². The molecule has 2 aromatic heterocycles. The number of amides is 1. The van der Waals surface area contributed by atoms with Crippen molar-refractivity contribution >= 4 is 11.6 Å². The van der Waals surface area contributed by atoms with E-state index in [1.165, 1.54) is 0 Å². The molecule has 0 aromatic carbocycles. The Labute approximate surface area is 148 Å². The van der Waals surface area contributed by atoms with Crippen molar-refractivity contribution in [3.05, 3.63) is 23.7 Å².